The predicted molar refractivity (Wildman–Crippen MR) is 120 cm³/mol. The minimum Gasteiger partial charge on any atom is -0.325 e. The van der Waals surface area contributed by atoms with Gasteiger partial charge in [0.05, 0.1) is 10.6 Å². The Morgan fingerprint density at radius 1 is 1.03 bits per heavy atom. The fourth-order valence-electron chi connectivity index (χ4n) is 2.48. The molecule has 0 saturated carbocycles. The number of nitrogens with zero attached hydrogens (tertiary/aromatic N) is 1. The van der Waals surface area contributed by atoms with Gasteiger partial charge in [0, 0.05) is 33.1 Å². The Kier molecular flexibility index (Phi) is 6.94. The predicted octanol–water partition coefficient (Wildman–Crippen LogP) is 4.68. The molecular weight excluding hydrogens is 474 g/mol. The summed E-state index contributed by atoms with van der Waals surface area (Å²) in [6, 6.07) is 15.3. The standard InChI is InChI=1S/C20H18BrN3O3S2/c1-14-2-5-17(23-20(25)13-28-18-8-10-22-11-9-18)12-19(14)29(26,27)24-16-6-3-15(21)4-7-16/h2-12,24H,13H2,1H3,(H,23,25). The fourth-order valence-corrected chi connectivity index (χ4v) is 4.75. The van der Waals surface area contributed by atoms with Crippen LogP contribution in [0.25, 0.3) is 0 Å². The molecular formula is C20H18BrN3O3S2. The number of thioether (sulfide) groups is 1. The van der Waals surface area contributed by atoms with Gasteiger partial charge in [0.1, 0.15) is 0 Å². The lowest BCUT2D eigenvalue weighted by Crippen LogP contribution is -2.17. The molecule has 3 aromatic rings. The maximum absolute atomic E-state index is 12.8. The molecule has 0 aliphatic heterocycles. The van der Waals surface area contributed by atoms with Crippen LogP contribution in [0.5, 0.6) is 0 Å². The number of aryl methyl sites for hydroxylation is 1. The maximum atomic E-state index is 12.8. The number of carbonyl (C=O) groups excluding carboxylic acids is 1. The zero-order valence-corrected chi connectivity index (χ0v) is 18.6. The Morgan fingerprint density at radius 3 is 2.38 bits per heavy atom. The van der Waals surface area contributed by atoms with Crippen LogP contribution in [0.15, 0.2) is 81.3 Å². The number of benzene rings is 2. The van der Waals surface area contributed by atoms with E-state index in [1.54, 1.807) is 55.7 Å². The first-order valence-electron chi connectivity index (χ1n) is 8.55. The first-order chi connectivity index (χ1) is 13.8. The number of anilines is 2. The van der Waals surface area contributed by atoms with Crippen molar-refractivity contribution in [1.82, 2.24) is 4.98 Å². The van der Waals surface area contributed by atoms with Crippen LogP contribution < -0.4 is 10.0 Å². The van der Waals surface area contributed by atoms with Gasteiger partial charge in [-0.1, -0.05) is 22.0 Å². The summed E-state index contributed by atoms with van der Waals surface area (Å²) >= 11 is 4.70. The highest BCUT2D eigenvalue weighted by Crippen LogP contribution is 2.24. The van der Waals surface area contributed by atoms with Crippen molar-refractivity contribution in [2.75, 3.05) is 15.8 Å². The molecule has 1 heterocycles. The third-order valence-electron chi connectivity index (χ3n) is 3.88. The fraction of sp³-hybridized carbons (Fsp3) is 0.100. The van der Waals surface area contributed by atoms with Crippen molar-refractivity contribution in [2.24, 2.45) is 0 Å². The Hall–Kier alpha value is -2.36. The zero-order chi connectivity index (χ0) is 20.9. The summed E-state index contributed by atoms with van der Waals surface area (Å²) < 4.78 is 29.0. The molecule has 0 radical (unpaired) electrons. The quantitative estimate of drug-likeness (QED) is 0.468. The van der Waals surface area contributed by atoms with Crippen LogP contribution in [0, 0.1) is 6.92 Å². The Bertz CT molecular complexity index is 1110. The number of nitrogens with one attached hydrogen (secondary N) is 2. The summed E-state index contributed by atoms with van der Waals surface area (Å²) in [4.78, 5) is 17.2. The molecule has 0 bridgehead atoms. The van der Waals surface area contributed by atoms with Crippen LogP contribution in [0.4, 0.5) is 11.4 Å². The van der Waals surface area contributed by atoms with Crippen molar-refractivity contribution in [3.8, 4) is 0 Å². The summed E-state index contributed by atoms with van der Waals surface area (Å²) in [6.07, 6.45) is 3.32. The van der Waals surface area contributed by atoms with Crippen LogP contribution in [-0.4, -0.2) is 25.1 Å². The highest BCUT2D eigenvalue weighted by atomic mass is 79.9. The van der Waals surface area contributed by atoms with Crippen molar-refractivity contribution in [1.29, 1.82) is 0 Å². The van der Waals surface area contributed by atoms with Crippen molar-refractivity contribution in [3.05, 3.63) is 77.0 Å². The molecule has 3 rings (SSSR count). The first-order valence-corrected chi connectivity index (χ1v) is 11.8. The summed E-state index contributed by atoms with van der Waals surface area (Å²) in [6.45, 7) is 1.71. The Morgan fingerprint density at radius 2 is 1.69 bits per heavy atom. The van der Waals surface area contributed by atoms with E-state index in [4.69, 9.17) is 0 Å². The molecule has 0 aliphatic rings. The number of hydrogen-bond acceptors (Lipinski definition) is 5. The third kappa shape index (κ3) is 6.06. The summed E-state index contributed by atoms with van der Waals surface area (Å²) in [5.74, 6) is -0.0169. The molecule has 0 fully saturated rings. The largest absolute Gasteiger partial charge is 0.325 e. The van der Waals surface area contributed by atoms with E-state index in [9.17, 15) is 13.2 Å². The number of pyridine rings is 1. The van der Waals surface area contributed by atoms with E-state index in [0.717, 1.165) is 9.37 Å². The average Bonchev–Trinajstić information content (AvgIpc) is 2.70. The molecule has 29 heavy (non-hydrogen) atoms. The van der Waals surface area contributed by atoms with Crippen molar-refractivity contribution < 1.29 is 13.2 Å². The lowest BCUT2D eigenvalue weighted by atomic mass is 10.2. The SMILES string of the molecule is Cc1ccc(NC(=O)CSc2ccncc2)cc1S(=O)(=O)Nc1ccc(Br)cc1. The van der Waals surface area contributed by atoms with Gasteiger partial charge in [0.2, 0.25) is 5.91 Å². The van der Waals surface area contributed by atoms with Gasteiger partial charge < -0.3 is 5.32 Å². The van der Waals surface area contributed by atoms with Gasteiger partial charge in [-0.3, -0.25) is 14.5 Å². The second kappa shape index (κ2) is 9.43. The molecule has 1 amide bonds. The molecule has 0 unspecified atom stereocenters. The Labute approximate surface area is 182 Å². The second-order valence-corrected chi connectivity index (χ2v) is 9.73. The van der Waals surface area contributed by atoms with Gasteiger partial charge in [0.15, 0.2) is 0 Å². The lowest BCUT2D eigenvalue weighted by molar-refractivity contribution is -0.113. The van der Waals surface area contributed by atoms with E-state index in [1.807, 2.05) is 12.1 Å². The van der Waals surface area contributed by atoms with E-state index in [2.05, 4.69) is 31.0 Å². The van der Waals surface area contributed by atoms with E-state index >= 15 is 0 Å². The van der Waals surface area contributed by atoms with Gasteiger partial charge in [-0.25, -0.2) is 8.42 Å². The van der Waals surface area contributed by atoms with Gasteiger partial charge in [0.25, 0.3) is 10.0 Å². The highest BCUT2D eigenvalue weighted by molar-refractivity contribution is 9.10. The minimum absolute atomic E-state index is 0.111. The lowest BCUT2D eigenvalue weighted by Gasteiger charge is -2.13. The van der Waals surface area contributed by atoms with Crippen LogP contribution in [-0.2, 0) is 14.8 Å². The minimum atomic E-state index is -3.80. The number of carbonyl (C=O) groups is 1. The highest BCUT2D eigenvalue weighted by Gasteiger charge is 2.18. The van der Waals surface area contributed by atoms with Crippen LogP contribution in [0.2, 0.25) is 0 Å². The van der Waals surface area contributed by atoms with Gasteiger partial charge >= 0.3 is 0 Å². The second-order valence-electron chi connectivity index (χ2n) is 6.11. The maximum Gasteiger partial charge on any atom is 0.262 e. The van der Waals surface area contributed by atoms with Gasteiger partial charge in [-0.2, -0.15) is 0 Å². The summed E-state index contributed by atoms with van der Waals surface area (Å²) in [7, 11) is -3.80. The van der Waals surface area contributed by atoms with Crippen LogP contribution >= 0.6 is 27.7 Å². The van der Waals surface area contributed by atoms with E-state index in [0.29, 0.717) is 16.9 Å². The Balaban J connectivity index is 1.71. The zero-order valence-electron chi connectivity index (χ0n) is 15.4. The number of rotatable bonds is 7. The monoisotopic (exact) mass is 491 g/mol. The molecule has 0 spiro atoms. The van der Waals surface area contributed by atoms with Crippen molar-refractivity contribution >= 4 is 55.0 Å². The number of amides is 1. The van der Waals surface area contributed by atoms with Crippen LogP contribution in [0.1, 0.15) is 5.56 Å². The number of sulfonamides is 1. The molecule has 2 N–H and O–H groups in total. The summed E-state index contributed by atoms with van der Waals surface area (Å²) in [5.41, 5.74) is 1.46. The summed E-state index contributed by atoms with van der Waals surface area (Å²) in [5, 5.41) is 2.75. The molecule has 2 aromatic carbocycles. The molecule has 1 aromatic heterocycles. The van der Waals surface area contributed by atoms with Gasteiger partial charge in [-0.05, 0) is 61.0 Å². The smallest absolute Gasteiger partial charge is 0.262 e. The number of aromatic nitrogens is 1. The van der Waals surface area contributed by atoms with E-state index < -0.39 is 10.0 Å². The molecule has 6 nitrogen and oxygen atoms in total. The molecule has 9 heteroatoms. The molecule has 0 aliphatic carbocycles. The topological polar surface area (TPSA) is 88.2 Å². The van der Waals surface area contributed by atoms with Crippen molar-refractivity contribution in [3.63, 3.8) is 0 Å². The number of hydrogen-bond donors (Lipinski definition) is 2. The normalized spacial score (nSPS) is 11.1. The molecule has 0 saturated heterocycles. The van der Waals surface area contributed by atoms with Gasteiger partial charge in [-0.15, -0.1) is 11.8 Å². The number of halogens is 1. The van der Waals surface area contributed by atoms with E-state index in [-0.39, 0.29) is 16.6 Å². The molecule has 150 valence electrons. The first kappa shape index (κ1) is 21.4. The third-order valence-corrected chi connectivity index (χ3v) is 6.94. The molecule has 0 atom stereocenters. The van der Waals surface area contributed by atoms with Crippen LogP contribution in [0.3, 0.4) is 0 Å². The average molecular weight is 492 g/mol. The van der Waals surface area contributed by atoms with E-state index in [1.165, 1.54) is 17.8 Å². The van der Waals surface area contributed by atoms with Crippen molar-refractivity contribution in [2.45, 2.75) is 16.7 Å².